The lowest BCUT2D eigenvalue weighted by Gasteiger charge is -2.32. The molecule has 1 unspecified atom stereocenters. The van der Waals surface area contributed by atoms with Gasteiger partial charge in [-0.1, -0.05) is 25.0 Å². The first-order valence-corrected chi connectivity index (χ1v) is 5.37. The predicted octanol–water partition coefficient (Wildman–Crippen LogP) is 1.77. The summed E-state index contributed by atoms with van der Waals surface area (Å²) in [6.45, 7) is 7.56. The van der Waals surface area contributed by atoms with Crippen LogP contribution in [0.15, 0.2) is 11.6 Å². The molecule has 0 amide bonds. The van der Waals surface area contributed by atoms with Crippen molar-refractivity contribution in [3.8, 4) is 0 Å². The molecule has 1 aliphatic heterocycles. The molecular weight excluding hydrogens is 160 g/mol. The minimum atomic E-state index is 0.606. The third kappa shape index (κ3) is 3.12. The Morgan fingerprint density at radius 2 is 2.38 bits per heavy atom. The van der Waals surface area contributed by atoms with E-state index in [1.165, 1.54) is 31.4 Å². The molecule has 13 heavy (non-hydrogen) atoms. The van der Waals surface area contributed by atoms with Crippen molar-refractivity contribution in [3.05, 3.63) is 11.6 Å². The lowest BCUT2D eigenvalue weighted by atomic mass is 10.1. The molecule has 1 heterocycles. The molecule has 2 heteroatoms. The van der Waals surface area contributed by atoms with E-state index in [-0.39, 0.29) is 0 Å². The molecule has 0 saturated heterocycles. The fourth-order valence-electron chi connectivity index (χ4n) is 1.90. The zero-order valence-corrected chi connectivity index (χ0v) is 8.92. The average molecular weight is 182 g/mol. The highest BCUT2D eigenvalue weighted by Gasteiger charge is 2.17. The van der Waals surface area contributed by atoms with Crippen LogP contribution in [0, 0.1) is 0 Å². The van der Waals surface area contributed by atoms with E-state index in [4.69, 9.17) is 5.73 Å². The van der Waals surface area contributed by atoms with Crippen LogP contribution in [0.5, 0.6) is 0 Å². The van der Waals surface area contributed by atoms with Crippen LogP contribution in [0.3, 0.4) is 0 Å². The van der Waals surface area contributed by atoms with Gasteiger partial charge in [-0.2, -0.15) is 0 Å². The van der Waals surface area contributed by atoms with Gasteiger partial charge in [0.25, 0.3) is 0 Å². The molecule has 0 fully saturated rings. The van der Waals surface area contributed by atoms with Crippen molar-refractivity contribution in [2.45, 2.75) is 39.2 Å². The molecule has 76 valence electrons. The quantitative estimate of drug-likeness (QED) is 0.671. The summed E-state index contributed by atoms with van der Waals surface area (Å²) in [5, 5.41) is 0. The fraction of sp³-hybridized carbons (Fsp3) is 0.818. The van der Waals surface area contributed by atoms with E-state index in [0.29, 0.717) is 6.04 Å². The Morgan fingerprint density at radius 3 is 2.85 bits per heavy atom. The Balaban J connectivity index is 2.42. The van der Waals surface area contributed by atoms with E-state index in [1.807, 2.05) is 0 Å². The van der Waals surface area contributed by atoms with Gasteiger partial charge in [0.2, 0.25) is 0 Å². The molecule has 2 nitrogen and oxygen atoms in total. The summed E-state index contributed by atoms with van der Waals surface area (Å²) in [4.78, 5) is 2.51. The normalized spacial score (nSPS) is 21.3. The highest BCUT2D eigenvalue weighted by Crippen LogP contribution is 2.14. The number of rotatable bonds is 4. The maximum absolute atomic E-state index is 5.76. The fourth-order valence-corrected chi connectivity index (χ4v) is 1.90. The second-order valence-corrected chi connectivity index (χ2v) is 3.97. The molecule has 0 radical (unpaired) electrons. The third-order valence-corrected chi connectivity index (χ3v) is 2.88. The Kier molecular flexibility index (Phi) is 4.46. The minimum Gasteiger partial charge on any atom is -0.329 e. The zero-order valence-electron chi connectivity index (χ0n) is 8.92. The maximum atomic E-state index is 5.76. The molecule has 0 aliphatic carbocycles. The van der Waals surface area contributed by atoms with Gasteiger partial charge in [-0.3, -0.25) is 4.90 Å². The van der Waals surface area contributed by atoms with Gasteiger partial charge in [0.05, 0.1) is 0 Å². The second-order valence-electron chi connectivity index (χ2n) is 3.97. The van der Waals surface area contributed by atoms with E-state index >= 15 is 0 Å². The summed E-state index contributed by atoms with van der Waals surface area (Å²) >= 11 is 0. The van der Waals surface area contributed by atoms with Crippen LogP contribution >= 0.6 is 0 Å². The van der Waals surface area contributed by atoms with Crippen LogP contribution in [-0.2, 0) is 0 Å². The molecule has 0 bridgehead atoms. The Hall–Kier alpha value is -0.340. The summed E-state index contributed by atoms with van der Waals surface area (Å²) < 4.78 is 0. The van der Waals surface area contributed by atoms with Crippen LogP contribution < -0.4 is 5.73 Å². The van der Waals surface area contributed by atoms with Gasteiger partial charge in [-0.25, -0.2) is 0 Å². The lowest BCUT2D eigenvalue weighted by molar-refractivity contribution is 0.204. The lowest BCUT2D eigenvalue weighted by Crippen LogP contribution is -2.42. The van der Waals surface area contributed by atoms with Crippen LogP contribution in [0.1, 0.15) is 33.1 Å². The van der Waals surface area contributed by atoms with Crippen molar-refractivity contribution in [1.29, 1.82) is 0 Å². The number of nitrogens with two attached hydrogens (primary N) is 1. The van der Waals surface area contributed by atoms with Gasteiger partial charge in [0.15, 0.2) is 0 Å². The molecule has 0 aromatic heterocycles. The van der Waals surface area contributed by atoms with Gasteiger partial charge in [0.1, 0.15) is 0 Å². The summed E-state index contributed by atoms with van der Waals surface area (Å²) in [5.41, 5.74) is 7.29. The van der Waals surface area contributed by atoms with Crippen molar-refractivity contribution < 1.29 is 0 Å². The first kappa shape index (κ1) is 10.7. The van der Waals surface area contributed by atoms with Crippen molar-refractivity contribution in [1.82, 2.24) is 4.90 Å². The Labute approximate surface area is 81.8 Å². The predicted molar refractivity (Wildman–Crippen MR) is 57.7 cm³/mol. The van der Waals surface area contributed by atoms with E-state index in [2.05, 4.69) is 24.8 Å². The first-order valence-electron chi connectivity index (χ1n) is 5.37. The molecule has 1 rings (SSSR count). The summed E-state index contributed by atoms with van der Waals surface area (Å²) in [6, 6.07) is 0.606. The maximum Gasteiger partial charge on any atom is 0.0221 e. The zero-order chi connectivity index (χ0) is 9.68. The van der Waals surface area contributed by atoms with Crippen molar-refractivity contribution in [2.24, 2.45) is 5.73 Å². The third-order valence-electron chi connectivity index (χ3n) is 2.88. The summed E-state index contributed by atoms with van der Waals surface area (Å²) in [5.74, 6) is 0. The molecule has 2 N–H and O–H groups in total. The van der Waals surface area contributed by atoms with Gasteiger partial charge in [-0.05, 0) is 19.8 Å². The van der Waals surface area contributed by atoms with Crippen LogP contribution in [-0.4, -0.2) is 30.6 Å². The standard InChI is InChI=1S/C11H22N2/c1-3-4-11(9-12)13-7-5-10(2)6-8-13/h5,11H,3-4,6-9,12H2,1-2H3. The Morgan fingerprint density at radius 1 is 1.62 bits per heavy atom. The van der Waals surface area contributed by atoms with Gasteiger partial charge < -0.3 is 5.73 Å². The van der Waals surface area contributed by atoms with Gasteiger partial charge >= 0.3 is 0 Å². The first-order chi connectivity index (χ1) is 6.27. The van der Waals surface area contributed by atoms with Crippen molar-refractivity contribution in [3.63, 3.8) is 0 Å². The molecule has 0 spiro atoms. The smallest absolute Gasteiger partial charge is 0.0221 e. The van der Waals surface area contributed by atoms with Crippen LogP contribution in [0.2, 0.25) is 0 Å². The summed E-state index contributed by atoms with van der Waals surface area (Å²) in [6.07, 6.45) is 6.03. The molecule has 0 saturated carbocycles. The SMILES string of the molecule is CCCC(CN)N1CC=C(C)CC1. The van der Waals surface area contributed by atoms with E-state index in [1.54, 1.807) is 0 Å². The molecular formula is C11H22N2. The molecule has 0 aromatic rings. The highest BCUT2D eigenvalue weighted by molar-refractivity contribution is 5.04. The monoisotopic (exact) mass is 182 g/mol. The molecule has 0 aromatic carbocycles. The van der Waals surface area contributed by atoms with Crippen LogP contribution in [0.25, 0.3) is 0 Å². The van der Waals surface area contributed by atoms with Crippen LogP contribution in [0.4, 0.5) is 0 Å². The van der Waals surface area contributed by atoms with E-state index in [0.717, 1.165) is 13.1 Å². The minimum absolute atomic E-state index is 0.606. The highest BCUT2D eigenvalue weighted by atomic mass is 15.2. The van der Waals surface area contributed by atoms with E-state index in [9.17, 15) is 0 Å². The summed E-state index contributed by atoms with van der Waals surface area (Å²) in [7, 11) is 0. The van der Waals surface area contributed by atoms with E-state index < -0.39 is 0 Å². The van der Waals surface area contributed by atoms with Crippen molar-refractivity contribution >= 4 is 0 Å². The molecule has 1 atom stereocenters. The second kappa shape index (κ2) is 5.40. The number of hydrogen-bond donors (Lipinski definition) is 1. The number of hydrogen-bond acceptors (Lipinski definition) is 2. The number of nitrogens with zero attached hydrogens (tertiary/aromatic N) is 1. The largest absolute Gasteiger partial charge is 0.329 e. The van der Waals surface area contributed by atoms with Crippen molar-refractivity contribution in [2.75, 3.05) is 19.6 Å². The molecule has 1 aliphatic rings. The van der Waals surface area contributed by atoms with Gasteiger partial charge in [-0.15, -0.1) is 0 Å². The Bertz CT molecular complexity index is 175. The average Bonchev–Trinajstić information content (AvgIpc) is 2.16. The topological polar surface area (TPSA) is 29.3 Å². The van der Waals surface area contributed by atoms with Gasteiger partial charge in [0, 0.05) is 25.7 Å².